The molecule has 1 unspecified atom stereocenters. The van der Waals surface area contributed by atoms with Crippen molar-refractivity contribution in [1.29, 1.82) is 0 Å². The molecule has 2 rings (SSSR count). The van der Waals surface area contributed by atoms with E-state index in [1.54, 1.807) is 0 Å². The first-order chi connectivity index (χ1) is 5.83. The molecule has 0 aliphatic heterocycles. The van der Waals surface area contributed by atoms with Crippen molar-refractivity contribution in [3.8, 4) is 0 Å². The van der Waals surface area contributed by atoms with E-state index < -0.39 is 0 Å². The molecule has 2 atom stereocenters. The molecule has 2 nitrogen and oxygen atoms in total. The average Bonchev–Trinajstić information content (AvgIpc) is 2.40. The molecule has 12 heavy (non-hydrogen) atoms. The van der Waals surface area contributed by atoms with Crippen molar-refractivity contribution in [3.05, 3.63) is 35.4 Å². The number of nitrogens with one attached hydrogen (secondary N) is 1. The molecule has 64 valence electrons. The highest BCUT2D eigenvalue weighted by atomic mass is 127. The van der Waals surface area contributed by atoms with Gasteiger partial charge in [-0.1, -0.05) is 24.3 Å². The first kappa shape index (κ1) is 8.47. The van der Waals surface area contributed by atoms with Crippen LogP contribution in [0, 0.1) is 0 Å². The van der Waals surface area contributed by atoms with Crippen LogP contribution in [0.15, 0.2) is 24.3 Å². The van der Waals surface area contributed by atoms with Gasteiger partial charge < -0.3 is 5.11 Å². The van der Waals surface area contributed by atoms with Crippen LogP contribution < -0.4 is 3.53 Å². The van der Waals surface area contributed by atoms with Crippen LogP contribution in [-0.4, -0.2) is 11.2 Å². The van der Waals surface area contributed by atoms with Crippen molar-refractivity contribution in [3.63, 3.8) is 0 Å². The lowest BCUT2D eigenvalue weighted by atomic mass is 10.1. The third-order valence-corrected chi connectivity index (χ3v) is 2.99. The lowest BCUT2D eigenvalue weighted by Gasteiger charge is -2.12. The van der Waals surface area contributed by atoms with Crippen molar-refractivity contribution >= 4 is 22.9 Å². The third-order valence-electron chi connectivity index (χ3n) is 2.32. The van der Waals surface area contributed by atoms with E-state index in [-0.39, 0.29) is 12.1 Å². The van der Waals surface area contributed by atoms with Crippen LogP contribution in [-0.2, 0) is 6.42 Å². The van der Waals surface area contributed by atoms with Gasteiger partial charge >= 0.3 is 0 Å². The van der Waals surface area contributed by atoms with Gasteiger partial charge in [0.1, 0.15) is 0 Å². The minimum atomic E-state index is -0.265. The van der Waals surface area contributed by atoms with Gasteiger partial charge in [-0.25, -0.2) is 0 Å². The van der Waals surface area contributed by atoms with E-state index in [2.05, 4.69) is 38.5 Å². The minimum absolute atomic E-state index is 0.113. The van der Waals surface area contributed by atoms with Crippen LogP contribution in [0.3, 0.4) is 0 Å². The zero-order chi connectivity index (χ0) is 8.55. The predicted octanol–water partition coefficient (Wildman–Crippen LogP) is 1.58. The Morgan fingerprint density at radius 3 is 2.92 bits per heavy atom. The lowest BCUT2D eigenvalue weighted by molar-refractivity contribution is 0.155. The van der Waals surface area contributed by atoms with E-state index in [1.165, 1.54) is 11.1 Å². The number of hydrogen-bond acceptors (Lipinski definition) is 2. The molecule has 0 amide bonds. The van der Waals surface area contributed by atoms with E-state index >= 15 is 0 Å². The highest BCUT2D eigenvalue weighted by molar-refractivity contribution is 14.1. The molecule has 0 saturated heterocycles. The number of aliphatic hydroxyl groups excluding tert-OH is 1. The lowest BCUT2D eigenvalue weighted by Crippen LogP contribution is -2.21. The fourth-order valence-electron chi connectivity index (χ4n) is 1.71. The van der Waals surface area contributed by atoms with E-state index in [4.69, 9.17) is 0 Å². The van der Waals surface area contributed by atoms with Gasteiger partial charge in [-0.05, 0) is 11.1 Å². The SMILES string of the molecule is O[C@@H]1Cc2ccccc2C1NI. The van der Waals surface area contributed by atoms with Gasteiger partial charge in [-0.3, -0.25) is 3.53 Å². The maximum atomic E-state index is 9.64. The summed E-state index contributed by atoms with van der Waals surface area (Å²) in [7, 11) is 0. The van der Waals surface area contributed by atoms with Gasteiger partial charge in [0.05, 0.1) is 12.1 Å². The molecule has 1 aromatic carbocycles. The number of fused-ring (bicyclic) bond motifs is 1. The Morgan fingerprint density at radius 2 is 2.17 bits per heavy atom. The molecule has 0 fully saturated rings. The van der Waals surface area contributed by atoms with Crippen molar-refractivity contribution in [1.82, 2.24) is 3.53 Å². The summed E-state index contributed by atoms with van der Waals surface area (Å²) >= 11 is 2.09. The van der Waals surface area contributed by atoms with Gasteiger partial charge in [-0.15, -0.1) is 0 Å². The summed E-state index contributed by atoms with van der Waals surface area (Å²) in [5, 5.41) is 9.64. The second-order valence-electron chi connectivity index (χ2n) is 3.06. The summed E-state index contributed by atoms with van der Waals surface area (Å²) in [5.74, 6) is 0. The van der Waals surface area contributed by atoms with Crippen molar-refractivity contribution in [2.75, 3.05) is 0 Å². The van der Waals surface area contributed by atoms with Gasteiger partial charge in [0.15, 0.2) is 0 Å². The molecule has 3 heteroatoms. The molecular formula is C9H10INO. The normalized spacial score (nSPS) is 27.2. The van der Waals surface area contributed by atoms with Crippen LogP contribution in [0.5, 0.6) is 0 Å². The topological polar surface area (TPSA) is 32.3 Å². The van der Waals surface area contributed by atoms with Crippen molar-refractivity contribution in [2.45, 2.75) is 18.6 Å². The number of benzene rings is 1. The average molecular weight is 275 g/mol. The van der Waals surface area contributed by atoms with Gasteiger partial charge in [0, 0.05) is 29.3 Å². The number of halogens is 1. The highest BCUT2D eigenvalue weighted by Crippen LogP contribution is 2.31. The fourth-order valence-corrected chi connectivity index (χ4v) is 2.46. The molecule has 0 saturated carbocycles. The molecule has 0 spiro atoms. The first-order valence-corrected chi connectivity index (χ1v) is 5.03. The maximum Gasteiger partial charge on any atom is 0.0782 e. The smallest absolute Gasteiger partial charge is 0.0782 e. The summed E-state index contributed by atoms with van der Waals surface area (Å²) in [6.45, 7) is 0. The van der Waals surface area contributed by atoms with Gasteiger partial charge in [-0.2, -0.15) is 0 Å². The molecular weight excluding hydrogens is 265 g/mol. The highest BCUT2D eigenvalue weighted by Gasteiger charge is 2.29. The van der Waals surface area contributed by atoms with Crippen LogP contribution in [0.25, 0.3) is 0 Å². The van der Waals surface area contributed by atoms with Crippen LogP contribution in [0.4, 0.5) is 0 Å². The Bertz CT molecular complexity index is 290. The third kappa shape index (κ3) is 1.26. The van der Waals surface area contributed by atoms with Crippen molar-refractivity contribution in [2.24, 2.45) is 0 Å². The van der Waals surface area contributed by atoms with E-state index in [9.17, 15) is 5.11 Å². The quantitative estimate of drug-likeness (QED) is 0.602. The number of aliphatic hydroxyl groups is 1. The van der Waals surface area contributed by atoms with E-state index in [0.29, 0.717) is 0 Å². The monoisotopic (exact) mass is 275 g/mol. The molecule has 0 heterocycles. The minimum Gasteiger partial charge on any atom is -0.391 e. The Balaban J connectivity index is 2.40. The summed E-state index contributed by atoms with van der Waals surface area (Å²) in [5.41, 5.74) is 2.50. The largest absolute Gasteiger partial charge is 0.391 e. The number of rotatable bonds is 1. The maximum absolute atomic E-state index is 9.64. The van der Waals surface area contributed by atoms with Crippen LogP contribution in [0.1, 0.15) is 17.2 Å². The fraction of sp³-hybridized carbons (Fsp3) is 0.333. The second kappa shape index (κ2) is 3.32. The summed E-state index contributed by atoms with van der Waals surface area (Å²) in [6.07, 6.45) is 0.510. The predicted molar refractivity (Wildman–Crippen MR) is 56.0 cm³/mol. The van der Waals surface area contributed by atoms with E-state index in [0.717, 1.165) is 6.42 Å². The van der Waals surface area contributed by atoms with Crippen LogP contribution >= 0.6 is 22.9 Å². The molecule has 2 N–H and O–H groups in total. The molecule has 1 aromatic rings. The van der Waals surface area contributed by atoms with E-state index in [1.807, 2.05) is 12.1 Å². The molecule has 0 aromatic heterocycles. The van der Waals surface area contributed by atoms with Crippen LogP contribution in [0.2, 0.25) is 0 Å². The van der Waals surface area contributed by atoms with Gasteiger partial charge in [0.25, 0.3) is 0 Å². The summed E-state index contributed by atoms with van der Waals surface area (Å²) in [4.78, 5) is 0. The second-order valence-corrected chi connectivity index (χ2v) is 3.68. The Labute approximate surface area is 85.5 Å². The molecule has 1 aliphatic rings. The molecule has 1 aliphatic carbocycles. The Kier molecular flexibility index (Phi) is 2.34. The van der Waals surface area contributed by atoms with Crippen molar-refractivity contribution < 1.29 is 5.11 Å². The number of hydrogen-bond donors (Lipinski definition) is 2. The first-order valence-electron chi connectivity index (χ1n) is 3.95. The molecule has 0 radical (unpaired) electrons. The van der Waals surface area contributed by atoms with Gasteiger partial charge in [0.2, 0.25) is 0 Å². The zero-order valence-electron chi connectivity index (χ0n) is 6.50. The zero-order valence-corrected chi connectivity index (χ0v) is 8.65. The Hall–Kier alpha value is -0.130. The summed E-state index contributed by atoms with van der Waals surface area (Å²) < 4.78 is 3.09. The standard InChI is InChI=1S/C9H10INO/c10-11-9-7-4-2-1-3-6(7)5-8(9)12/h1-4,8-9,11-12H,5H2/t8-,9?/m1/s1. The summed E-state index contributed by atoms with van der Waals surface area (Å²) in [6, 6.07) is 8.29. The molecule has 0 bridgehead atoms. The Morgan fingerprint density at radius 1 is 1.42 bits per heavy atom.